The molecular formula is C9H11NO4. The SMILES string of the molecule is CC(C)OC(=O)c1cc(O)c[nH]c1=O. The summed E-state index contributed by atoms with van der Waals surface area (Å²) in [6.45, 7) is 3.35. The number of hydrogen-bond donors (Lipinski definition) is 2. The van der Waals surface area contributed by atoms with Crippen molar-refractivity contribution in [2.45, 2.75) is 20.0 Å². The van der Waals surface area contributed by atoms with Crippen molar-refractivity contribution in [1.29, 1.82) is 0 Å². The number of esters is 1. The van der Waals surface area contributed by atoms with Crippen LogP contribution in [0.4, 0.5) is 0 Å². The van der Waals surface area contributed by atoms with Crippen molar-refractivity contribution in [3.63, 3.8) is 0 Å². The Hall–Kier alpha value is -1.78. The van der Waals surface area contributed by atoms with E-state index in [9.17, 15) is 9.59 Å². The average molecular weight is 197 g/mol. The van der Waals surface area contributed by atoms with Gasteiger partial charge in [-0.05, 0) is 13.8 Å². The van der Waals surface area contributed by atoms with Gasteiger partial charge in [-0.1, -0.05) is 0 Å². The molecule has 0 aliphatic carbocycles. The van der Waals surface area contributed by atoms with Crippen LogP contribution in [0.15, 0.2) is 17.1 Å². The molecule has 2 N–H and O–H groups in total. The zero-order valence-electron chi connectivity index (χ0n) is 7.90. The predicted molar refractivity (Wildman–Crippen MR) is 49.3 cm³/mol. The lowest BCUT2D eigenvalue weighted by Crippen LogP contribution is -2.21. The minimum absolute atomic E-state index is 0.180. The normalized spacial score (nSPS) is 10.2. The molecule has 0 unspecified atom stereocenters. The summed E-state index contributed by atoms with van der Waals surface area (Å²) >= 11 is 0. The highest BCUT2D eigenvalue weighted by Crippen LogP contribution is 2.06. The molecule has 76 valence electrons. The molecule has 1 aromatic rings. The Balaban J connectivity index is 3.00. The van der Waals surface area contributed by atoms with Gasteiger partial charge >= 0.3 is 5.97 Å². The van der Waals surface area contributed by atoms with Crippen LogP contribution in [0.1, 0.15) is 24.2 Å². The molecule has 0 saturated carbocycles. The van der Waals surface area contributed by atoms with Gasteiger partial charge in [-0.2, -0.15) is 0 Å². The smallest absolute Gasteiger partial charge is 0.344 e. The topological polar surface area (TPSA) is 79.4 Å². The fourth-order valence-electron chi connectivity index (χ4n) is 0.902. The van der Waals surface area contributed by atoms with Gasteiger partial charge in [0.05, 0.1) is 6.10 Å². The Bertz CT molecular complexity index is 394. The van der Waals surface area contributed by atoms with E-state index in [1.54, 1.807) is 13.8 Å². The lowest BCUT2D eigenvalue weighted by Gasteiger charge is -2.06. The Morgan fingerprint density at radius 3 is 2.79 bits per heavy atom. The van der Waals surface area contributed by atoms with E-state index in [0.717, 1.165) is 12.3 Å². The predicted octanol–water partition coefficient (Wildman–Crippen LogP) is 0.646. The van der Waals surface area contributed by atoms with Gasteiger partial charge in [0.1, 0.15) is 11.3 Å². The monoisotopic (exact) mass is 197 g/mol. The minimum atomic E-state index is -0.739. The number of ether oxygens (including phenoxy) is 1. The molecule has 5 nitrogen and oxygen atoms in total. The van der Waals surface area contributed by atoms with Gasteiger partial charge < -0.3 is 14.8 Å². The van der Waals surface area contributed by atoms with Crippen LogP contribution in [0, 0.1) is 0 Å². The number of hydrogen-bond acceptors (Lipinski definition) is 4. The van der Waals surface area contributed by atoms with Crippen molar-refractivity contribution in [3.8, 4) is 5.75 Å². The molecule has 0 saturated heterocycles. The summed E-state index contributed by atoms with van der Waals surface area (Å²) in [5, 5.41) is 9.04. The molecule has 0 aliphatic heterocycles. The summed E-state index contributed by atoms with van der Waals surface area (Å²) in [7, 11) is 0. The number of rotatable bonds is 2. The van der Waals surface area contributed by atoms with Gasteiger partial charge in [0.15, 0.2) is 0 Å². The fraction of sp³-hybridized carbons (Fsp3) is 0.333. The van der Waals surface area contributed by atoms with Crippen molar-refractivity contribution in [2.75, 3.05) is 0 Å². The maximum absolute atomic E-state index is 11.3. The van der Waals surface area contributed by atoms with Crippen LogP contribution in [0.3, 0.4) is 0 Å². The summed E-state index contributed by atoms with van der Waals surface area (Å²) < 4.78 is 4.80. The molecule has 0 bridgehead atoms. The van der Waals surface area contributed by atoms with Crippen LogP contribution >= 0.6 is 0 Å². The van der Waals surface area contributed by atoms with Crippen LogP contribution in [0.2, 0.25) is 0 Å². The third kappa shape index (κ3) is 2.35. The van der Waals surface area contributed by atoms with Gasteiger partial charge in [-0.15, -0.1) is 0 Å². The van der Waals surface area contributed by atoms with E-state index in [2.05, 4.69) is 4.98 Å². The van der Waals surface area contributed by atoms with Gasteiger partial charge in [-0.25, -0.2) is 4.79 Å². The lowest BCUT2D eigenvalue weighted by atomic mass is 10.3. The molecule has 0 aliphatic rings. The molecule has 14 heavy (non-hydrogen) atoms. The van der Waals surface area contributed by atoms with Crippen molar-refractivity contribution in [1.82, 2.24) is 4.98 Å². The second kappa shape index (κ2) is 3.95. The van der Waals surface area contributed by atoms with Crippen molar-refractivity contribution in [2.24, 2.45) is 0 Å². The van der Waals surface area contributed by atoms with Crippen LogP contribution < -0.4 is 5.56 Å². The Kier molecular flexibility index (Phi) is 2.91. The van der Waals surface area contributed by atoms with Crippen LogP contribution in [0.5, 0.6) is 5.75 Å². The highest BCUT2D eigenvalue weighted by molar-refractivity contribution is 5.89. The van der Waals surface area contributed by atoms with Gasteiger partial charge in [0.25, 0.3) is 5.56 Å². The van der Waals surface area contributed by atoms with Gasteiger partial charge in [-0.3, -0.25) is 4.79 Å². The second-order valence-corrected chi connectivity index (χ2v) is 3.05. The fourth-order valence-corrected chi connectivity index (χ4v) is 0.902. The summed E-state index contributed by atoms with van der Waals surface area (Å²) in [6.07, 6.45) is 0.804. The number of pyridine rings is 1. The zero-order valence-corrected chi connectivity index (χ0v) is 7.90. The summed E-state index contributed by atoms with van der Waals surface area (Å²) in [4.78, 5) is 24.6. The largest absolute Gasteiger partial charge is 0.506 e. The number of aromatic hydroxyl groups is 1. The molecule has 0 atom stereocenters. The van der Waals surface area contributed by atoms with E-state index in [-0.39, 0.29) is 17.4 Å². The first-order chi connectivity index (χ1) is 6.50. The van der Waals surface area contributed by atoms with Crippen molar-refractivity contribution >= 4 is 5.97 Å². The summed E-state index contributed by atoms with van der Waals surface area (Å²) in [5.41, 5.74) is -0.771. The van der Waals surface area contributed by atoms with E-state index in [1.807, 2.05) is 0 Å². The van der Waals surface area contributed by atoms with E-state index >= 15 is 0 Å². The molecule has 1 rings (SSSR count). The molecule has 1 heterocycles. The van der Waals surface area contributed by atoms with Crippen molar-refractivity contribution in [3.05, 3.63) is 28.2 Å². The number of carbonyl (C=O) groups excluding carboxylic acids is 1. The average Bonchev–Trinajstić information content (AvgIpc) is 2.08. The quantitative estimate of drug-likeness (QED) is 0.682. The second-order valence-electron chi connectivity index (χ2n) is 3.05. The third-order valence-electron chi connectivity index (χ3n) is 1.45. The molecule has 0 amide bonds. The zero-order chi connectivity index (χ0) is 10.7. The van der Waals surface area contributed by atoms with Crippen LogP contribution in [0.25, 0.3) is 0 Å². The van der Waals surface area contributed by atoms with E-state index < -0.39 is 11.5 Å². The van der Waals surface area contributed by atoms with Crippen molar-refractivity contribution < 1.29 is 14.6 Å². The highest BCUT2D eigenvalue weighted by Gasteiger charge is 2.13. The molecule has 5 heteroatoms. The summed E-state index contributed by atoms with van der Waals surface area (Å²) in [6, 6.07) is 1.07. The first kappa shape index (κ1) is 10.3. The highest BCUT2D eigenvalue weighted by atomic mass is 16.5. The Labute approximate surface area is 80.3 Å². The molecule has 0 fully saturated rings. The number of nitrogens with one attached hydrogen (secondary N) is 1. The van der Waals surface area contributed by atoms with Crippen LogP contribution in [-0.4, -0.2) is 22.2 Å². The Morgan fingerprint density at radius 2 is 2.21 bits per heavy atom. The van der Waals surface area contributed by atoms with E-state index in [0.29, 0.717) is 0 Å². The summed E-state index contributed by atoms with van der Waals surface area (Å²) in [5.74, 6) is -0.919. The number of aromatic nitrogens is 1. The maximum atomic E-state index is 11.3. The Morgan fingerprint density at radius 1 is 1.57 bits per heavy atom. The minimum Gasteiger partial charge on any atom is -0.506 e. The first-order valence-corrected chi connectivity index (χ1v) is 4.13. The molecule has 0 radical (unpaired) electrons. The number of H-pyrrole nitrogens is 1. The standard InChI is InChI=1S/C9H11NO4/c1-5(2)14-9(13)7-3-6(11)4-10-8(7)12/h3-5,11H,1-2H3,(H,10,12). The van der Waals surface area contributed by atoms with Gasteiger partial charge in [0.2, 0.25) is 0 Å². The lowest BCUT2D eigenvalue weighted by molar-refractivity contribution is 0.0375. The molecule has 0 aromatic carbocycles. The molecule has 0 spiro atoms. The molecular weight excluding hydrogens is 186 g/mol. The number of aromatic amines is 1. The first-order valence-electron chi connectivity index (χ1n) is 4.13. The third-order valence-corrected chi connectivity index (χ3v) is 1.45. The van der Waals surface area contributed by atoms with Crippen LogP contribution in [-0.2, 0) is 4.74 Å². The number of carbonyl (C=O) groups is 1. The van der Waals surface area contributed by atoms with Gasteiger partial charge in [0, 0.05) is 12.3 Å². The molecule has 1 aromatic heterocycles. The maximum Gasteiger partial charge on any atom is 0.344 e. The van der Waals surface area contributed by atoms with E-state index in [4.69, 9.17) is 9.84 Å². The van der Waals surface area contributed by atoms with E-state index in [1.165, 1.54) is 0 Å².